The second-order valence-electron chi connectivity index (χ2n) is 6.04. The van der Waals surface area contributed by atoms with E-state index >= 15 is 0 Å². The fraction of sp³-hybridized carbons (Fsp3) is 0.562. The summed E-state index contributed by atoms with van der Waals surface area (Å²) in [5.74, 6) is 0.127. The third kappa shape index (κ3) is 2.22. The minimum atomic E-state index is -0.165. The van der Waals surface area contributed by atoms with E-state index < -0.39 is 0 Å². The average molecular weight is 276 g/mol. The zero-order valence-corrected chi connectivity index (χ0v) is 11.8. The van der Waals surface area contributed by atoms with Crippen LogP contribution in [-0.4, -0.2) is 26.0 Å². The Labute approximate surface area is 118 Å². The molecule has 1 aliphatic heterocycles. The molecule has 1 aliphatic carbocycles. The molecule has 0 radical (unpaired) electrons. The van der Waals surface area contributed by atoms with Crippen molar-refractivity contribution in [3.05, 3.63) is 35.1 Å². The lowest BCUT2D eigenvalue weighted by atomic mass is 9.73. The third-order valence-corrected chi connectivity index (χ3v) is 4.93. The number of amides is 1. The van der Waals surface area contributed by atoms with E-state index in [-0.39, 0.29) is 23.1 Å². The SMILES string of the molecule is CNC(=O)C[C@H]1CC2(CCNCC2)c2cc(F)ccc21. The van der Waals surface area contributed by atoms with Crippen LogP contribution in [0, 0.1) is 5.82 Å². The highest BCUT2D eigenvalue weighted by molar-refractivity contribution is 5.77. The summed E-state index contributed by atoms with van der Waals surface area (Å²) >= 11 is 0. The molecule has 1 heterocycles. The minimum absolute atomic E-state index is 0.0660. The maximum Gasteiger partial charge on any atom is 0.220 e. The van der Waals surface area contributed by atoms with E-state index in [9.17, 15) is 9.18 Å². The van der Waals surface area contributed by atoms with Crippen LogP contribution in [0.15, 0.2) is 18.2 Å². The van der Waals surface area contributed by atoms with Crippen molar-refractivity contribution in [1.29, 1.82) is 0 Å². The van der Waals surface area contributed by atoms with Crippen LogP contribution >= 0.6 is 0 Å². The maximum atomic E-state index is 13.7. The van der Waals surface area contributed by atoms with Gasteiger partial charge in [-0.1, -0.05) is 6.07 Å². The molecule has 1 aromatic rings. The molecule has 1 spiro atoms. The van der Waals surface area contributed by atoms with E-state index in [0.29, 0.717) is 6.42 Å². The summed E-state index contributed by atoms with van der Waals surface area (Å²) in [6.45, 7) is 1.95. The summed E-state index contributed by atoms with van der Waals surface area (Å²) in [5.41, 5.74) is 2.39. The summed E-state index contributed by atoms with van der Waals surface area (Å²) in [5, 5.41) is 6.08. The van der Waals surface area contributed by atoms with Gasteiger partial charge in [-0.05, 0) is 66.9 Å². The fourth-order valence-electron chi connectivity index (χ4n) is 3.92. The van der Waals surface area contributed by atoms with Crippen molar-refractivity contribution in [1.82, 2.24) is 10.6 Å². The molecule has 1 saturated heterocycles. The van der Waals surface area contributed by atoms with Gasteiger partial charge in [-0.2, -0.15) is 0 Å². The molecular weight excluding hydrogens is 255 g/mol. The molecule has 20 heavy (non-hydrogen) atoms. The Morgan fingerprint density at radius 2 is 2.20 bits per heavy atom. The Morgan fingerprint density at radius 3 is 2.90 bits per heavy atom. The summed E-state index contributed by atoms with van der Waals surface area (Å²) in [6.07, 6.45) is 3.55. The lowest BCUT2D eigenvalue weighted by molar-refractivity contribution is -0.121. The standard InChI is InChI=1S/C16H21FN2O/c1-18-15(20)8-11-10-16(4-6-19-7-5-16)14-9-12(17)2-3-13(11)14/h2-3,9,11,19H,4-8,10H2,1H3,(H,18,20)/t11-/m0/s1. The summed E-state index contributed by atoms with van der Waals surface area (Å²) in [4.78, 5) is 11.7. The van der Waals surface area contributed by atoms with Crippen molar-refractivity contribution in [3.8, 4) is 0 Å². The van der Waals surface area contributed by atoms with Gasteiger partial charge in [0.1, 0.15) is 5.82 Å². The van der Waals surface area contributed by atoms with Crippen LogP contribution in [0.4, 0.5) is 4.39 Å². The maximum absolute atomic E-state index is 13.7. The lowest BCUT2D eigenvalue weighted by Gasteiger charge is -2.35. The highest BCUT2D eigenvalue weighted by Gasteiger charge is 2.44. The van der Waals surface area contributed by atoms with E-state index in [1.807, 2.05) is 6.07 Å². The van der Waals surface area contributed by atoms with Crippen molar-refractivity contribution in [2.75, 3.05) is 20.1 Å². The van der Waals surface area contributed by atoms with Gasteiger partial charge in [0.25, 0.3) is 0 Å². The van der Waals surface area contributed by atoms with Gasteiger partial charge < -0.3 is 10.6 Å². The minimum Gasteiger partial charge on any atom is -0.359 e. The fourth-order valence-corrected chi connectivity index (χ4v) is 3.92. The first kappa shape index (κ1) is 13.6. The highest BCUT2D eigenvalue weighted by Crippen LogP contribution is 2.52. The zero-order chi connectivity index (χ0) is 14.2. The number of hydrogen-bond donors (Lipinski definition) is 2. The number of rotatable bonds is 2. The van der Waals surface area contributed by atoms with Crippen LogP contribution < -0.4 is 10.6 Å². The molecule has 0 unspecified atom stereocenters. The Hall–Kier alpha value is -1.42. The van der Waals surface area contributed by atoms with Crippen LogP contribution in [0.25, 0.3) is 0 Å². The lowest BCUT2D eigenvalue weighted by Crippen LogP contribution is -2.38. The molecule has 1 atom stereocenters. The van der Waals surface area contributed by atoms with Gasteiger partial charge in [-0.3, -0.25) is 4.79 Å². The zero-order valence-electron chi connectivity index (χ0n) is 11.8. The first-order chi connectivity index (χ1) is 9.64. The molecule has 2 aliphatic rings. The molecule has 3 rings (SSSR count). The van der Waals surface area contributed by atoms with Gasteiger partial charge in [-0.25, -0.2) is 4.39 Å². The second-order valence-corrected chi connectivity index (χ2v) is 6.04. The van der Waals surface area contributed by atoms with Crippen LogP contribution in [-0.2, 0) is 10.2 Å². The number of fused-ring (bicyclic) bond motifs is 2. The molecule has 1 aromatic carbocycles. The van der Waals surface area contributed by atoms with Gasteiger partial charge >= 0.3 is 0 Å². The van der Waals surface area contributed by atoms with Gasteiger partial charge in [0.2, 0.25) is 5.91 Å². The molecular formula is C16H21FN2O. The third-order valence-electron chi connectivity index (χ3n) is 4.93. The molecule has 0 bridgehead atoms. The van der Waals surface area contributed by atoms with Gasteiger partial charge in [0.05, 0.1) is 0 Å². The van der Waals surface area contributed by atoms with Crippen LogP contribution in [0.2, 0.25) is 0 Å². The molecule has 4 heteroatoms. The van der Waals surface area contributed by atoms with Gasteiger partial charge in [-0.15, -0.1) is 0 Å². The average Bonchev–Trinajstić information content (AvgIpc) is 2.73. The summed E-state index contributed by atoms with van der Waals surface area (Å²) < 4.78 is 13.7. The molecule has 1 fully saturated rings. The number of carbonyl (C=O) groups excluding carboxylic acids is 1. The Bertz CT molecular complexity index is 523. The predicted molar refractivity (Wildman–Crippen MR) is 76.2 cm³/mol. The first-order valence-electron chi connectivity index (χ1n) is 7.36. The first-order valence-corrected chi connectivity index (χ1v) is 7.36. The van der Waals surface area contributed by atoms with Crippen molar-refractivity contribution < 1.29 is 9.18 Å². The normalized spacial score (nSPS) is 23.6. The van der Waals surface area contributed by atoms with Gasteiger partial charge in [0.15, 0.2) is 0 Å². The topological polar surface area (TPSA) is 41.1 Å². The number of carbonyl (C=O) groups is 1. The Balaban J connectivity index is 1.97. The molecule has 0 saturated carbocycles. The second kappa shape index (κ2) is 5.17. The largest absolute Gasteiger partial charge is 0.359 e. The van der Waals surface area contributed by atoms with Crippen LogP contribution in [0.3, 0.4) is 0 Å². The Kier molecular flexibility index (Phi) is 3.50. The van der Waals surface area contributed by atoms with E-state index in [2.05, 4.69) is 10.6 Å². The molecule has 2 N–H and O–H groups in total. The molecule has 108 valence electrons. The number of halogens is 1. The van der Waals surface area contributed by atoms with E-state index in [4.69, 9.17) is 0 Å². The number of nitrogens with one attached hydrogen (secondary N) is 2. The van der Waals surface area contributed by atoms with E-state index in [0.717, 1.165) is 37.9 Å². The summed E-state index contributed by atoms with van der Waals surface area (Å²) in [7, 11) is 1.67. The number of piperidine rings is 1. The number of benzene rings is 1. The van der Waals surface area contributed by atoms with Crippen molar-refractivity contribution in [2.45, 2.75) is 37.0 Å². The number of hydrogen-bond acceptors (Lipinski definition) is 2. The highest BCUT2D eigenvalue weighted by atomic mass is 19.1. The Morgan fingerprint density at radius 1 is 1.45 bits per heavy atom. The van der Waals surface area contributed by atoms with Crippen molar-refractivity contribution in [2.24, 2.45) is 0 Å². The molecule has 1 amide bonds. The van der Waals surface area contributed by atoms with Crippen LogP contribution in [0.1, 0.15) is 42.7 Å². The predicted octanol–water partition coefficient (Wildman–Crippen LogP) is 2.07. The summed E-state index contributed by atoms with van der Waals surface area (Å²) in [6, 6.07) is 5.11. The quantitative estimate of drug-likeness (QED) is 0.868. The monoisotopic (exact) mass is 276 g/mol. The smallest absolute Gasteiger partial charge is 0.220 e. The van der Waals surface area contributed by atoms with Gasteiger partial charge in [0, 0.05) is 13.5 Å². The van der Waals surface area contributed by atoms with Crippen LogP contribution in [0.5, 0.6) is 0 Å². The molecule has 0 aromatic heterocycles. The van der Waals surface area contributed by atoms with E-state index in [1.54, 1.807) is 13.1 Å². The van der Waals surface area contributed by atoms with E-state index in [1.165, 1.54) is 11.6 Å². The molecule has 3 nitrogen and oxygen atoms in total. The van der Waals surface area contributed by atoms with Crippen molar-refractivity contribution >= 4 is 5.91 Å². The van der Waals surface area contributed by atoms with Crippen molar-refractivity contribution in [3.63, 3.8) is 0 Å².